The predicted octanol–water partition coefficient (Wildman–Crippen LogP) is 0.625. The van der Waals surface area contributed by atoms with Gasteiger partial charge < -0.3 is 10.2 Å². The second-order valence-electron chi connectivity index (χ2n) is 3.10. The minimum Gasteiger partial charge on any atom is -0.479 e. The van der Waals surface area contributed by atoms with Crippen molar-refractivity contribution in [2.45, 2.75) is 16.7 Å². The first-order valence-corrected chi connectivity index (χ1v) is 7.58. The molecule has 0 aliphatic heterocycles. The van der Waals surface area contributed by atoms with Crippen LogP contribution in [0.3, 0.4) is 0 Å². The molecule has 0 aliphatic rings. The van der Waals surface area contributed by atoms with Crippen LogP contribution in [0.1, 0.15) is 6.42 Å². The quantitative estimate of drug-likeness (QED) is 0.702. The van der Waals surface area contributed by atoms with Crippen LogP contribution in [0.5, 0.6) is 0 Å². The maximum Gasteiger partial charge on any atom is 0.332 e. The smallest absolute Gasteiger partial charge is 0.332 e. The van der Waals surface area contributed by atoms with Crippen LogP contribution in [0.25, 0.3) is 0 Å². The van der Waals surface area contributed by atoms with Gasteiger partial charge in [0.2, 0.25) is 10.0 Å². The molecule has 1 rings (SSSR count). The summed E-state index contributed by atoms with van der Waals surface area (Å²) in [5.74, 6) is -1.37. The van der Waals surface area contributed by atoms with Gasteiger partial charge in [-0.05, 0) is 34.5 Å². The Balaban J connectivity index is 2.54. The van der Waals surface area contributed by atoms with E-state index in [1.165, 1.54) is 6.07 Å². The average molecular weight is 344 g/mol. The summed E-state index contributed by atoms with van der Waals surface area (Å²) < 4.78 is 26.3. The molecule has 9 heteroatoms. The lowest BCUT2D eigenvalue weighted by Gasteiger charge is -2.06. The highest BCUT2D eigenvalue weighted by molar-refractivity contribution is 9.11. The second-order valence-corrected chi connectivity index (χ2v) is 7.56. The molecule has 0 aromatic carbocycles. The van der Waals surface area contributed by atoms with Gasteiger partial charge in [-0.15, -0.1) is 11.3 Å². The molecule has 17 heavy (non-hydrogen) atoms. The maximum absolute atomic E-state index is 11.6. The van der Waals surface area contributed by atoms with E-state index in [1.807, 2.05) is 0 Å². The summed E-state index contributed by atoms with van der Waals surface area (Å²) in [4.78, 5) is 10.3. The molecule has 1 atom stereocenters. The van der Waals surface area contributed by atoms with E-state index < -0.39 is 22.1 Å². The van der Waals surface area contributed by atoms with Gasteiger partial charge in [0.05, 0.1) is 3.79 Å². The van der Waals surface area contributed by atoms with Crippen LogP contribution >= 0.6 is 27.3 Å². The summed E-state index contributed by atoms with van der Waals surface area (Å²) in [7, 11) is -3.63. The highest BCUT2D eigenvalue weighted by atomic mass is 79.9. The number of aliphatic hydroxyl groups excluding tert-OH is 1. The molecule has 0 aliphatic carbocycles. The fourth-order valence-electron chi connectivity index (χ4n) is 0.967. The SMILES string of the molecule is O=C(O)C(O)CCNS(=O)(=O)c1ccc(Br)s1. The van der Waals surface area contributed by atoms with Crippen molar-refractivity contribution in [3.63, 3.8) is 0 Å². The van der Waals surface area contributed by atoms with Gasteiger partial charge in [-0.25, -0.2) is 17.9 Å². The van der Waals surface area contributed by atoms with Crippen LogP contribution in [0.4, 0.5) is 0 Å². The maximum atomic E-state index is 11.6. The number of carboxylic acids is 1. The first-order chi connectivity index (χ1) is 7.83. The van der Waals surface area contributed by atoms with E-state index in [4.69, 9.17) is 10.2 Å². The number of aliphatic carboxylic acids is 1. The zero-order valence-corrected chi connectivity index (χ0v) is 11.7. The molecule has 0 saturated heterocycles. The molecule has 0 bridgehead atoms. The molecule has 0 saturated carbocycles. The van der Waals surface area contributed by atoms with E-state index in [1.54, 1.807) is 6.07 Å². The largest absolute Gasteiger partial charge is 0.479 e. The number of nitrogens with one attached hydrogen (secondary N) is 1. The summed E-state index contributed by atoms with van der Waals surface area (Å²) in [5, 5.41) is 17.4. The Bertz CT molecular complexity index is 498. The van der Waals surface area contributed by atoms with Gasteiger partial charge in [-0.3, -0.25) is 0 Å². The zero-order chi connectivity index (χ0) is 13.1. The fraction of sp³-hybridized carbons (Fsp3) is 0.375. The molecule has 1 heterocycles. The molecule has 6 nitrogen and oxygen atoms in total. The number of thiophene rings is 1. The number of aliphatic hydroxyl groups is 1. The number of hydrogen-bond acceptors (Lipinski definition) is 5. The Hall–Kier alpha value is -0.480. The van der Waals surface area contributed by atoms with Gasteiger partial charge >= 0.3 is 5.97 Å². The average Bonchev–Trinajstić information content (AvgIpc) is 2.65. The Kier molecular flexibility index (Phi) is 5.07. The first-order valence-electron chi connectivity index (χ1n) is 4.49. The van der Waals surface area contributed by atoms with E-state index in [-0.39, 0.29) is 17.2 Å². The van der Waals surface area contributed by atoms with Gasteiger partial charge in [-0.2, -0.15) is 0 Å². The van der Waals surface area contributed by atoms with Crippen molar-refractivity contribution >= 4 is 43.3 Å². The van der Waals surface area contributed by atoms with Crippen molar-refractivity contribution in [1.82, 2.24) is 4.72 Å². The van der Waals surface area contributed by atoms with Gasteiger partial charge in [-0.1, -0.05) is 0 Å². The number of carboxylic acid groups (broad SMARTS) is 1. The summed E-state index contributed by atoms with van der Waals surface area (Å²) in [6.07, 6.45) is -1.74. The number of sulfonamides is 1. The number of hydrogen-bond donors (Lipinski definition) is 3. The van der Waals surface area contributed by atoms with Crippen molar-refractivity contribution in [3.05, 3.63) is 15.9 Å². The summed E-state index contributed by atoms with van der Waals surface area (Å²) in [5.41, 5.74) is 0. The molecule has 1 unspecified atom stereocenters. The zero-order valence-electron chi connectivity index (χ0n) is 8.46. The number of rotatable bonds is 6. The third-order valence-electron chi connectivity index (χ3n) is 1.81. The van der Waals surface area contributed by atoms with Crippen LogP contribution in [0.2, 0.25) is 0 Å². The van der Waals surface area contributed by atoms with Gasteiger partial charge in [0.25, 0.3) is 0 Å². The van der Waals surface area contributed by atoms with Crippen molar-refractivity contribution < 1.29 is 23.4 Å². The number of halogens is 1. The molecule has 0 radical (unpaired) electrons. The normalized spacial score (nSPS) is 13.5. The minimum atomic E-state index is -3.63. The van der Waals surface area contributed by atoms with Crippen molar-refractivity contribution in [2.75, 3.05) is 6.54 Å². The third kappa shape index (κ3) is 4.36. The standard InChI is InChI=1S/C8H10BrNO5S2/c9-6-1-2-7(16-6)17(14,15)10-4-3-5(11)8(12)13/h1-2,5,10-11H,3-4H2,(H,12,13). The molecule has 0 fully saturated rings. The number of carbonyl (C=O) groups is 1. The molecule has 0 spiro atoms. The van der Waals surface area contributed by atoms with Crippen LogP contribution in [-0.2, 0) is 14.8 Å². The molecular formula is C8H10BrNO5S2. The van der Waals surface area contributed by atoms with Crippen molar-refractivity contribution in [1.29, 1.82) is 0 Å². The second kappa shape index (κ2) is 5.91. The monoisotopic (exact) mass is 343 g/mol. The van der Waals surface area contributed by atoms with Crippen molar-refractivity contribution in [3.8, 4) is 0 Å². The molecular weight excluding hydrogens is 334 g/mol. The van der Waals surface area contributed by atoms with Crippen LogP contribution in [-0.4, -0.2) is 37.2 Å². The molecule has 1 aromatic heterocycles. The Morgan fingerprint density at radius 1 is 1.53 bits per heavy atom. The minimum absolute atomic E-state index is 0.134. The summed E-state index contributed by atoms with van der Waals surface area (Å²) >= 11 is 4.19. The highest BCUT2D eigenvalue weighted by Gasteiger charge is 2.18. The summed E-state index contributed by atoms with van der Waals surface area (Å²) in [6, 6.07) is 3.04. The lowest BCUT2D eigenvalue weighted by molar-refractivity contribution is -0.146. The van der Waals surface area contributed by atoms with Crippen LogP contribution in [0.15, 0.2) is 20.1 Å². The summed E-state index contributed by atoms with van der Waals surface area (Å²) in [6.45, 7) is -0.134. The van der Waals surface area contributed by atoms with E-state index in [0.29, 0.717) is 3.79 Å². The van der Waals surface area contributed by atoms with E-state index in [9.17, 15) is 13.2 Å². The molecule has 1 aromatic rings. The van der Waals surface area contributed by atoms with E-state index in [2.05, 4.69) is 20.7 Å². The predicted molar refractivity (Wildman–Crippen MR) is 65.5 cm³/mol. The van der Waals surface area contributed by atoms with Gasteiger partial charge in [0.1, 0.15) is 4.21 Å². The fourth-order valence-corrected chi connectivity index (χ4v) is 4.07. The Morgan fingerprint density at radius 3 is 2.65 bits per heavy atom. The highest BCUT2D eigenvalue weighted by Crippen LogP contribution is 2.25. The molecule has 96 valence electrons. The van der Waals surface area contributed by atoms with Crippen LogP contribution < -0.4 is 4.72 Å². The third-order valence-corrected chi connectivity index (χ3v) is 5.38. The lowest BCUT2D eigenvalue weighted by atomic mass is 10.3. The van der Waals surface area contributed by atoms with Crippen molar-refractivity contribution in [2.24, 2.45) is 0 Å². The Labute approximate surface area is 110 Å². The van der Waals surface area contributed by atoms with Crippen LogP contribution in [0, 0.1) is 0 Å². The van der Waals surface area contributed by atoms with Gasteiger partial charge in [0.15, 0.2) is 6.10 Å². The lowest BCUT2D eigenvalue weighted by Crippen LogP contribution is -2.29. The Morgan fingerprint density at radius 2 is 2.18 bits per heavy atom. The van der Waals surface area contributed by atoms with E-state index >= 15 is 0 Å². The first kappa shape index (κ1) is 14.6. The molecule has 3 N–H and O–H groups in total. The topological polar surface area (TPSA) is 104 Å². The van der Waals surface area contributed by atoms with Gasteiger partial charge in [0, 0.05) is 6.54 Å². The molecule has 0 amide bonds. The van der Waals surface area contributed by atoms with E-state index in [0.717, 1.165) is 11.3 Å².